The van der Waals surface area contributed by atoms with Gasteiger partial charge in [-0.25, -0.2) is 9.59 Å². The third-order valence-corrected chi connectivity index (χ3v) is 5.94. The van der Waals surface area contributed by atoms with E-state index in [0.29, 0.717) is 18.8 Å². The third kappa shape index (κ3) is 3.79. The first-order chi connectivity index (χ1) is 14.0. The second-order valence-electron chi connectivity index (χ2n) is 8.00. The lowest BCUT2D eigenvalue weighted by atomic mass is 9.78. The minimum Gasteiger partial charge on any atom is -0.338 e. The van der Waals surface area contributed by atoms with Crippen molar-refractivity contribution < 1.29 is 9.59 Å². The van der Waals surface area contributed by atoms with E-state index in [2.05, 4.69) is 41.1 Å². The molecule has 0 spiro atoms. The van der Waals surface area contributed by atoms with Gasteiger partial charge in [-0.05, 0) is 68.4 Å². The van der Waals surface area contributed by atoms with E-state index in [1.165, 1.54) is 11.1 Å². The predicted octanol–water partition coefficient (Wildman–Crippen LogP) is 4.15. The highest BCUT2D eigenvalue weighted by Crippen LogP contribution is 2.35. The highest BCUT2D eigenvalue weighted by atomic mass is 16.2. The lowest BCUT2D eigenvalue weighted by Gasteiger charge is -2.36. The Morgan fingerprint density at radius 2 is 1.93 bits per heavy atom. The van der Waals surface area contributed by atoms with Crippen molar-refractivity contribution >= 4 is 23.4 Å². The number of aryl methyl sites for hydroxylation is 1. The van der Waals surface area contributed by atoms with Crippen molar-refractivity contribution in [2.45, 2.75) is 45.1 Å². The fraction of sp³-hybridized carbons (Fsp3) is 0.391. The maximum Gasteiger partial charge on any atom is 0.321 e. The summed E-state index contributed by atoms with van der Waals surface area (Å²) in [4.78, 5) is 26.8. The molecule has 2 aromatic rings. The minimum absolute atomic E-state index is 0.0980. The molecule has 152 valence electrons. The second kappa shape index (κ2) is 7.78. The zero-order valence-electron chi connectivity index (χ0n) is 17.0. The topological polar surface area (TPSA) is 73.5 Å². The number of rotatable bonds is 3. The molecule has 2 aromatic carbocycles. The molecule has 3 N–H and O–H groups in total. The van der Waals surface area contributed by atoms with Gasteiger partial charge in [0.05, 0.1) is 11.2 Å². The molecular weight excluding hydrogens is 364 g/mol. The quantitative estimate of drug-likeness (QED) is 0.734. The van der Waals surface area contributed by atoms with E-state index in [-0.39, 0.29) is 17.6 Å². The minimum atomic E-state index is -0.386. The van der Waals surface area contributed by atoms with Gasteiger partial charge >= 0.3 is 12.1 Å². The summed E-state index contributed by atoms with van der Waals surface area (Å²) in [5.41, 5.74) is 4.78. The van der Waals surface area contributed by atoms with Crippen LogP contribution in [0.1, 0.15) is 43.4 Å². The van der Waals surface area contributed by atoms with Gasteiger partial charge in [0.25, 0.3) is 0 Å². The molecule has 1 heterocycles. The molecule has 0 fully saturated rings. The van der Waals surface area contributed by atoms with E-state index in [1.807, 2.05) is 31.2 Å². The lowest BCUT2D eigenvalue weighted by molar-refractivity contribution is 0.233. The number of hydrogen-bond acceptors (Lipinski definition) is 2. The number of hydrogen-bond donors (Lipinski definition) is 3. The van der Waals surface area contributed by atoms with Crippen LogP contribution in [0.3, 0.4) is 0 Å². The Kier molecular flexibility index (Phi) is 5.18. The number of nitrogens with one attached hydrogen (secondary N) is 3. The first-order valence-corrected chi connectivity index (χ1v) is 10.4. The average molecular weight is 393 g/mol. The van der Waals surface area contributed by atoms with Crippen molar-refractivity contribution in [3.8, 4) is 0 Å². The normalized spacial score (nSPS) is 19.9. The number of anilines is 2. The third-order valence-electron chi connectivity index (χ3n) is 5.94. The van der Waals surface area contributed by atoms with Gasteiger partial charge in [0.1, 0.15) is 0 Å². The number of amides is 4. The van der Waals surface area contributed by atoms with Crippen LogP contribution >= 0.6 is 0 Å². The predicted molar refractivity (Wildman–Crippen MR) is 115 cm³/mol. The Hall–Kier alpha value is -3.02. The molecule has 2 aliphatic rings. The largest absolute Gasteiger partial charge is 0.338 e. The number of carbonyl (C=O) groups excluding carboxylic acids is 2. The maximum atomic E-state index is 12.8. The summed E-state index contributed by atoms with van der Waals surface area (Å²) in [5.74, 6) is 0. The molecule has 0 saturated carbocycles. The van der Waals surface area contributed by atoms with E-state index in [1.54, 1.807) is 4.90 Å². The van der Waals surface area contributed by atoms with Crippen LogP contribution in [-0.2, 0) is 18.4 Å². The summed E-state index contributed by atoms with van der Waals surface area (Å²) in [6.45, 7) is 5.24. The zero-order chi connectivity index (χ0) is 20.4. The SMILES string of the molecule is CCNC(=O)N1CCc2ccc(NC(=O)NC3(C)CCCc4ccccc43)cc21. The summed E-state index contributed by atoms with van der Waals surface area (Å²) in [7, 11) is 0. The van der Waals surface area contributed by atoms with Crippen LogP contribution in [0, 0.1) is 0 Å². The molecule has 1 atom stereocenters. The fourth-order valence-corrected chi connectivity index (χ4v) is 4.50. The van der Waals surface area contributed by atoms with E-state index in [9.17, 15) is 9.59 Å². The molecule has 0 bridgehead atoms. The van der Waals surface area contributed by atoms with E-state index in [4.69, 9.17) is 0 Å². The highest BCUT2D eigenvalue weighted by molar-refractivity contribution is 5.96. The lowest BCUT2D eigenvalue weighted by Crippen LogP contribution is -2.47. The molecule has 1 unspecified atom stereocenters. The molecule has 4 rings (SSSR count). The highest BCUT2D eigenvalue weighted by Gasteiger charge is 2.33. The molecule has 4 amide bonds. The van der Waals surface area contributed by atoms with E-state index >= 15 is 0 Å². The van der Waals surface area contributed by atoms with Crippen molar-refractivity contribution in [1.29, 1.82) is 0 Å². The van der Waals surface area contributed by atoms with Gasteiger partial charge in [-0.1, -0.05) is 30.3 Å². The van der Waals surface area contributed by atoms with Crippen molar-refractivity contribution in [2.24, 2.45) is 0 Å². The van der Waals surface area contributed by atoms with Crippen LogP contribution in [0.4, 0.5) is 21.0 Å². The Labute approximate surface area is 171 Å². The summed E-state index contributed by atoms with van der Waals surface area (Å²) >= 11 is 0. The van der Waals surface area contributed by atoms with Gasteiger partial charge in [-0.15, -0.1) is 0 Å². The van der Waals surface area contributed by atoms with Crippen LogP contribution in [0.5, 0.6) is 0 Å². The molecule has 0 radical (unpaired) electrons. The summed E-state index contributed by atoms with van der Waals surface area (Å²) < 4.78 is 0. The molecule has 0 aromatic heterocycles. The molecule has 1 aliphatic carbocycles. The Bertz CT molecular complexity index is 942. The van der Waals surface area contributed by atoms with Gasteiger partial charge in [-0.3, -0.25) is 4.90 Å². The van der Waals surface area contributed by atoms with Crippen molar-refractivity contribution in [3.63, 3.8) is 0 Å². The Balaban J connectivity index is 1.49. The standard InChI is InChI=1S/C23H28N4O2/c1-3-24-22(29)27-14-12-17-10-11-18(15-20(17)27)25-21(28)26-23(2)13-6-8-16-7-4-5-9-19(16)23/h4-5,7,9-11,15H,3,6,8,12-14H2,1-2H3,(H,24,29)(H2,25,26,28). The van der Waals surface area contributed by atoms with Crippen molar-refractivity contribution in [1.82, 2.24) is 10.6 Å². The van der Waals surface area contributed by atoms with Gasteiger partial charge < -0.3 is 16.0 Å². The second-order valence-corrected chi connectivity index (χ2v) is 8.00. The molecule has 6 heteroatoms. The maximum absolute atomic E-state index is 12.8. The van der Waals surface area contributed by atoms with Crippen LogP contribution in [-0.4, -0.2) is 25.2 Å². The number of nitrogens with zero attached hydrogens (tertiary/aromatic N) is 1. The molecule has 1 aliphatic heterocycles. The zero-order valence-corrected chi connectivity index (χ0v) is 17.0. The average Bonchev–Trinajstić information content (AvgIpc) is 3.11. The smallest absolute Gasteiger partial charge is 0.321 e. The number of urea groups is 2. The van der Waals surface area contributed by atoms with Gasteiger partial charge in [0.15, 0.2) is 0 Å². The summed E-state index contributed by atoms with van der Waals surface area (Å²) in [5, 5.41) is 8.98. The summed E-state index contributed by atoms with van der Waals surface area (Å²) in [6, 6.07) is 13.8. The first-order valence-electron chi connectivity index (χ1n) is 10.4. The van der Waals surface area contributed by atoms with Crippen LogP contribution < -0.4 is 20.9 Å². The Morgan fingerprint density at radius 1 is 1.10 bits per heavy atom. The van der Waals surface area contributed by atoms with E-state index < -0.39 is 0 Å². The summed E-state index contributed by atoms with van der Waals surface area (Å²) in [6.07, 6.45) is 3.84. The van der Waals surface area contributed by atoms with Crippen molar-refractivity contribution in [2.75, 3.05) is 23.3 Å². The van der Waals surface area contributed by atoms with Crippen LogP contribution in [0.25, 0.3) is 0 Å². The molecule has 0 saturated heterocycles. The van der Waals surface area contributed by atoms with E-state index in [0.717, 1.165) is 36.9 Å². The number of carbonyl (C=O) groups is 2. The van der Waals surface area contributed by atoms with Gasteiger partial charge in [-0.2, -0.15) is 0 Å². The molecule has 29 heavy (non-hydrogen) atoms. The molecule has 6 nitrogen and oxygen atoms in total. The van der Waals surface area contributed by atoms with Crippen LogP contribution in [0.2, 0.25) is 0 Å². The Morgan fingerprint density at radius 3 is 2.76 bits per heavy atom. The van der Waals surface area contributed by atoms with Crippen LogP contribution in [0.15, 0.2) is 42.5 Å². The number of fused-ring (bicyclic) bond motifs is 2. The first kappa shape index (κ1) is 19.3. The fourth-order valence-electron chi connectivity index (χ4n) is 4.50. The van der Waals surface area contributed by atoms with Crippen molar-refractivity contribution in [3.05, 3.63) is 59.2 Å². The van der Waals surface area contributed by atoms with Gasteiger partial charge in [0, 0.05) is 18.8 Å². The molecular formula is C23H28N4O2. The van der Waals surface area contributed by atoms with Gasteiger partial charge in [0.2, 0.25) is 0 Å². The number of benzene rings is 2. The monoisotopic (exact) mass is 392 g/mol.